The summed E-state index contributed by atoms with van der Waals surface area (Å²) in [4.78, 5) is 4.34. The van der Waals surface area contributed by atoms with Crippen LogP contribution in [0.2, 0.25) is 10.0 Å². The Hall–Kier alpha value is -0.640. The van der Waals surface area contributed by atoms with E-state index in [2.05, 4.69) is 17.2 Å². The largest absolute Gasteiger partial charge is 0.392 e. The zero-order chi connectivity index (χ0) is 10.6. The van der Waals surface area contributed by atoms with E-state index >= 15 is 0 Å². The van der Waals surface area contributed by atoms with Gasteiger partial charge in [0.15, 0.2) is 0 Å². The third-order valence-electron chi connectivity index (χ3n) is 1.47. The Kier molecular flexibility index (Phi) is 4.32. The second-order valence-electron chi connectivity index (χ2n) is 2.57. The van der Waals surface area contributed by atoms with Gasteiger partial charge in [0, 0.05) is 11.8 Å². The third kappa shape index (κ3) is 3.25. The molecule has 0 saturated heterocycles. The van der Waals surface area contributed by atoms with Crippen LogP contribution in [0.1, 0.15) is 5.56 Å². The average Bonchev–Trinajstić information content (AvgIpc) is 2.09. The van der Waals surface area contributed by atoms with Gasteiger partial charge in [0.1, 0.15) is 0 Å². The molecule has 0 spiro atoms. The van der Waals surface area contributed by atoms with E-state index in [1.165, 1.54) is 0 Å². The van der Waals surface area contributed by atoms with E-state index in [1.807, 2.05) is 0 Å². The number of halogens is 2. The molecule has 1 aromatic rings. The molecule has 1 rings (SSSR count). The molecule has 0 aliphatic heterocycles. The molecule has 0 heterocycles. The molecule has 0 bridgehead atoms. The van der Waals surface area contributed by atoms with Gasteiger partial charge in [0.2, 0.25) is 0 Å². The molecular weight excluding hydrogens is 239 g/mol. The van der Waals surface area contributed by atoms with Gasteiger partial charge < -0.3 is 5.73 Å². The average molecular weight is 247 g/mol. The van der Waals surface area contributed by atoms with Gasteiger partial charge in [-0.3, -0.25) is 4.99 Å². The number of nitrogens with two attached hydrogens (primary N) is 1. The second kappa shape index (κ2) is 5.29. The van der Waals surface area contributed by atoms with E-state index < -0.39 is 0 Å². The highest BCUT2D eigenvalue weighted by Gasteiger charge is 2.01. The fraction of sp³-hybridized carbons (Fsp3) is 0.111. The number of nitrogens with zero attached hydrogens (tertiary/aromatic N) is 1. The molecule has 14 heavy (non-hydrogen) atoms. The Morgan fingerprint density at radius 2 is 2.00 bits per heavy atom. The lowest BCUT2D eigenvalue weighted by molar-refractivity contribution is 1.31. The fourth-order valence-electron chi connectivity index (χ4n) is 0.861. The second-order valence-corrected chi connectivity index (χ2v) is 3.91. The van der Waals surface area contributed by atoms with Crippen molar-refractivity contribution in [3.05, 3.63) is 33.8 Å². The molecule has 0 radical (unpaired) electrons. The van der Waals surface area contributed by atoms with E-state index in [0.717, 1.165) is 0 Å². The minimum Gasteiger partial charge on any atom is -0.392 e. The zero-order valence-electron chi connectivity index (χ0n) is 7.21. The first-order valence-corrected chi connectivity index (χ1v) is 5.00. The van der Waals surface area contributed by atoms with E-state index in [1.54, 1.807) is 24.4 Å². The topological polar surface area (TPSA) is 38.4 Å². The van der Waals surface area contributed by atoms with Crippen LogP contribution in [0.25, 0.3) is 0 Å². The van der Waals surface area contributed by atoms with Crippen LogP contribution in [0.4, 0.5) is 0 Å². The van der Waals surface area contributed by atoms with Crippen LogP contribution in [0.15, 0.2) is 23.2 Å². The van der Waals surface area contributed by atoms with Gasteiger partial charge in [0.25, 0.3) is 0 Å². The molecule has 2 nitrogen and oxygen atoms in total. The number of rotatable bonds is 3. The zero-order valence-corrected chi connectivity index (χ0v) is 9.53. The van der Waals surface area contributed by atoms with Crippen molar-refractivity contribution in [2.45, 2.75) is 0 Å². The Bertz CT molecular complexity index is 357. The lowest BCUT2D eigenvalue weighted by atomic mass is 10.2. The summed E-state index contributed by atoms with van der Waals surface area (Å²) in [5.41, 5.74) is 5.97. The van der Waals surface area contributed by atoms with Gasteiger partial charge in [-0.1, -0.05) is 41.5 Å². The Morgan fingerprint density at radius 3 is 2.50 bits per heavy atom. The molecule has 0 aliphatic rings. The number of aliphatic imine (C=N–C) groups is 1. The van der Waals surface area contributed by atoms with Crippen molar-refractivity contribution >= 4 is 46.6 Å². The summed E-state index contributed by atoms with van der Waals surface area (Å²) in [6.07, 6.45) is 1.57. The van der Waals surface area contributed by atoms with Crippen LogP contribution in [-0.2, 0) is 0 Å². The third-order valence-corrected chi connectivity index (χ3v) is 2.26. The van der Waals surface area contributed by atoms with Gasteiger partial charge >= 0.3 is 0 Å². The maximum atomic E-state index is 5.91. The van der Waals surface area contributed by atoms with Gasteiger partial charge in [-0.05, 0) is 12.1 Å². The van der Waals surface area contributed by atoms with Crippen molar-refractivity contribution in [1.29, 1.82) is 0 Å². The minimum atomic E-state index is 0.302. The summed E-state index contributed by atoms with van der Waals surface area (Å²) in [5.74, 6) is 0. The van der Waals surface area contributed by atoms with Crippen molar-refractivity contribution < 1.29 is 0 Å². The van der Waals surface area contributed by atoms with Crippen molar-refractivity contribution in [3.8, 4) is 0 Å². The molecule has 0 amide bonds. The molecule has 0 aliphatic carbocycles. The van der Waals surface area contributed by atoms with Gasteiger partial charge in [0.05, 0.1) is 21.6 Å². The number of thiocarbonyl (C=S) groups is 1. The van der Waals surface area contributed by atoms with Gasteiger partial charge in [-0.15, -0.1) is 0 Å². The monoisotopic (exact) mass is 246 g/mol. The van der Waals surface area contributed by atoms with Crippen LogP contribution in [0, 0.1) is 0 Å². The molecule has 5 heteroatoms. The smallest absolute Gasteiger partial charge is 0.0945 e. The predicted octanol–water partition coefficient (Wildman–Crippen LogP) is 2.70. The predicted molar refractivity (Wildman–Crippen MR) is 65.7 cm³/mol. The highest BCUT2D eigenvalue weighted by atomic mass is 35.5. The van der Waals surface area contributed by atoms with Gasteiger partial charge in [-0.2, -0.15) is 0 Å². The van der Waals surface area contributed by atoms with Crippen LogP contribution in [0.3, 0.4) is 0 Å². The molecule has 1 aromatic carbocycles. The maximum absolute atomic E-state index is 5.91. The van der Waals surface area contributed by atoms with Crippen molar-refractivity contribution in [2.75, 3.05) is 6.54 Å². The SMILES string of the molecule is NC(=S)CN=Cc1c(Cl)cccc1Cl. The summed E-state index contributed by atoms with van der Waals surface area (Å²) in [6, 6.07) is 5.26. The maximum Gasteiger partial charge on any atom is 0.0945 e. The van der Waals surface area contributed by atoms with Crippen LogP contribution in [0.5, 0.6) is 0 Å². The lowest BCUT2D eigenvalue weighted by Crippen LogP contribution is -2.11. The molecule has 0 saturated carbocycles. The summed E-state index contributed by atoms with van der Waals surface area (Å²) in [5, 5.41) is 1.12. The van der Waals surface area contributed by atoms with E-state index in [4.69, 9.17) is 28.9 Å². The van der Waals surface area contributed by atoms with Crippen LogP contribution < -0.4 is 5.73 Å². The normalized spacial score (nSPS) is 10.7. The molecule has 0 atom stereocenters. The van der Waals surface area contributed by atoms with E-state index in [-0.39, 0.29) is 0 Å². The molecular formula is C9H8Cl2N2S. The van der Waals surface area contributed by atoms with Crippen molar-refractivity contribution in [2.24, 2.45) is 10.7 Å². The van der Waals surface area contributed by atoms with Crippen LogP contribution in [-0.4, -0.2) is 17.7 Å². The number of hydrogen-bond donors (Lipinski definition) is 1. The minimum absolute atomic E-state index is 0.302. The fourth-order valence-corrected chi connectivity index (χ4v) is 1.43. The standard InChI is InChI=1S/C9H8Cl2N2S/c10-7-2-1-3-8(11)6(7)4-13-5-9(12)14/h1-4H,5H2,(H2,12,14). The first kappa shape index (κ1) is 11.4. The molecule has 0 aromatic heterocycles. The highest BCUT2D eigenvalue weighted by molar-refractivity contribution is 7.80. The van der Waals surface area contributed by atoms with Gasteiger partial charge in [-0.25, -0.2) is 0 Å². The lowest BCUT2D eigenvalue weighted by Gasteiger charge is -1.99. The first-order chi connectivity index (χ1) is 6.61. The molecule has 2 N–H and O–H groups in total. The highest BCUT2D eigenvalue weighted by Crippen LogP contribution is 2.21. The Morgan fingerprint density at radius 1 is 1.43 bits per heavy atom. The van der Waals surface area contributed by atoms with Crippen molar-refractivity contribution in [3.63, 3.8) is 0 Å². The quantitative estimate of drug-likeness (QED) is 0.658. The van der Waals surface area contributed by atoms with E-state index in [0.29, 0.717) is 27.1 Å². The molecule has 74 valence electrons. The van der Waals surface area contributed by atoms with E-state index in [9.17, 15) is 0 Å². The summed E-state index contributed by atoms with van der Waals surface area (Å²) >= 11 is 16.5. The summed E-state index contributed by atoms with van der Waals surface area (Å²) in [7, 11) is 0. The molecule has 0 fully saturated rings. The number of hydrogen-bond acceptors (Lipinski definition) is 2. The Labute approximate surface area is 97.7 Å². The molecule has 0 unspecified atom stereocenters. The summed E-state index contributed by atoms with van der Waals surface area (Å²) < 4.78 is 0. The van der Waals surface area contributed by atoms with Crippen molar-refractivity contribution in [1.82, 2.24) is 0 Å². The summed E-state index contributed by atoms with van der Waals surface area (Å²) in [6.45, 7) is 0.302. The first-order valence-electron chi connectivity index (χ1n) is 3.83. The number of benzene rings is 1. The van der Waals surface area contributed by atoms with Crippen LogP contribution >= 0.6 is 35.4 Å². The Balaban J connectivity index is 2.85.